The number of carbonyl (C=O) groups excluding carboxylic acids is 3. The highest BCUT2D eigenvalue weighted by Crippen LogP contribution is 2.16. The molecule has 0 saturated carbocycles. The summed E-state index contributed by atoms with van der Waals surface area (Å²) in [4.78, 5) is 38.0. The first-order valence-corrected chi connectivity index (χ1v) is 27.5. The van der Waals surface area contributed by atoms with Gasteiger partial charge < -0.3 is 14.2 Å². The van der Waals surface area contributed by atoms with Crippen molar-refractivity contribution in [3.05, 3.63) is 36.5 Å². The molecule has 0 radical (unpaired) electrons. The molecule has 0 aliphatic rings. The van der Waals surface area contributed by atoms with Crippen molar-refractivity contribution in [3.63, 3.8) is 0 Å². The molecule has 0 aromatic heterocycles. The molecule has 0 saturated heterocycles. The van der Waals surface area contributed by atoms with Gasteiger partial charge in [-0.05, 0) is 51.4 Å². The van der Waals surface area contributed by atoms with Gasteiger partial charge in [0.05, 0.1) is 0 Å². The van der Waals surface area contributed by atoms with Crippen LogP contribution in [0.1, 0.15) is 290 Å². The first kappa shape index (κ1) is 60.6. The van der Waals surface area contributed by atoms with Crippen LogP contribution < -0.4 is 0 Å². The van der Waals surface area contributed by atoms with E-state index >= 15 is 0 Å². The highest BCUT2D eigenvalue weighted by atomic mass is 16.6. The van der Waals surface area contributed by atoms with Crippen LogP contribution in [0.3, 0.4) is 0 Å². The Balaban J connectivity index is 4.35. The average molecular weight is 885 g/mol. The smallest absolute Gasteiger partial charge is 0.306 e. The molecule has 0 N–H and O–H groups in total. The Kier molecular flexibility index (Phi) is 50.3. The second-order valence-electron chi connectivity index (χ2n) is 18.5. The van der Waals surface area contributed by atoms with Crippen molar-refractivity contribution in [1.29, 1.82) is 0 Å². The molecule has 1 unspecified atom stereocenters. The van der Waals surface area contributed by atoms with Crippen LogP contribution in [0.25, 0.3) is 0 Å². The lowest BCUT2D eigenvalue weighted by Gasteiger charge is -2.18. The zero-order valence-electron chi connectivity index (χ0n) is 42.1. The molecule has 0 amide bonds. The minimum absolute atomic E-state index is 0.0746. The van der Waals surface area contributed by atoms with Gasteiger partial charge in [-0.1, -0.05) is 256 Å². The highest BCUT2D eigenvalue weighted by molar-refractivity contribution is 5.71. The second kappa shape index (κ2) is 52.3. The van der Waals surface area contributed by atoms with Crippen molar-refractivity contribution < 1.29 is 28.6 Å². The first-order valence-electron chi connectivity index (χ1n) is 27.5. The van der Waals surface area contributed by atoms with E-state index in [9.17, 15) is 14.4 Å². The number of hydrogen-bond acceptors (Lipinski definition) is 6. The van der Waals surface area contributed by atoms with Gasteiger partial charge in [-0.25, -0.2) is 0 Å². The maximum Gasteiger partial charge on any atom is 0.306 e. The van der Waals surface area contributed by atoms with E-state index in [4.69, 9.17) is 14.2 Å². The fraction of sp³-hybridized carbons (Fsp3) is 0.842. The summed E-state index contributed by atoms with van der Waals surface area (Å²) in [5.41, 5.74) is 0. The summed E-state index contributed by atoms with van der Waals surface area (Å²) >= 11 is 0. The van der Waals surface area contributed by atoms with Crippen molar-refractivity contribution >= 4 is 17.9 Å². The Morgan fingerprint density at radius 1 is 0.333 bits per heavy atom. The quantitative estimate of drug-likeness (QED) is 0.0262. The van der Waals surface area contributed by atoms with Crippen LogP contribution in [0.2, 0.25) is 0 Å². The molecule has 0 aliphatic heterocycles. The van der Waals surface area contributed by atoms with Gasteiger partial charge in [0.1, 0.15) is 13.2 Å². The first-order chi connectivity index (χ1) is 31.0. The fourth-order valence-corrected chi connectivity index (χ4v) is 8.05. The van der Waals surface area contributed by atoms with Crippen molar-refractivity contribution in [1.82, 2.24) is 0 Å². The van der Waals surface area contributed by atoms with Gasteiger partial charge in [0.2, 0.25) is 0 Å². The van der Waals surface area contributed by atoms with Gasteiger partial charge >= 0.3 is 17.9 Å². The molecule has 0 aromatic rings. The van der Waals surface area contributed by atoms with E-state index in [2.05, 4.69) is 57.2 Å². The van der Waals surface area contributed by atoms with Gasteiger partial charge in [0.15, 0.2) is 6.10 Å². The van der Waals surface area contributed by atoms with Crippen LogP contribution in [0.4, 0.5) is 0 Å². The van der Waals surface area contributed by atoms with Crippen molar-refractivity contribution in [2.75, 3.05) is 13.2 Å². The van der Waals surface area contributed by atoms with Crippen molar-refractivity contribution in [2.24, 2.45) is 0 Å². The van der Waals surface area contributed by atoms with E-state index in [0.717, 1.165) is 96.3 Å². The van der Waals surface area contributed by atoms with Crippen LogP contribution >= 0.6 is 0 Å². The highest BCUT2D eigenvalue weighted by Gasteiger charge is 2.19. The van der Waals surface area contributed by atoms with Crippen LogP contribution in [0, 0.1) is 0 Å². The van der Waals surface area contributed by atoms with Gasteiger partial charge in [-0.3, -0.25) is 14.4 Å². The summed E-state index contributed by atoms with van der Waals surface area (Å²) in [7, 11) is 0. The Morgan fingerprint density at radius 3 is 0.968 bits per heavy atom. The van der Waals surface area contributed by atoms with Crippen molar-refractivity contribution in [2.45, 2.75) is 297 Å². The van der Waals surface area contributed by atoms with Gasteiger partial charge in [-0.2, -0.15) is 0 Å². The normalized spacial score (nSPS) is 12.2. The predicted octanol–water partition coefficient (Wildman–Crippen LogP) is 18.1. The van der Waals surface area contributed by atoms with Gasteiger partial charge in [0, 0.05) is 19.3 Å². The van der Waals surface area contributed by atoms with Crippen LogP contribution in [-0.2, 0) is 28.6 Å². The van der Waals surface area contributed by atoms with E-state index in [1.165, 1.54) is 154 Å². The number of unbranched alkanes of at least 4 members (excludes halogenated alkanes) is 33. The third-order valence-corrected chi connectivity index (χ3v) is 12.2. The summed E-state index contributed by atoms with van der Waals surface area (Å²) in [5.74, 6) is -0.875. The van der Waals surface area contributed by atoms with Gasteiger partial charge in [-0.15, -0.1) is 0 Å². The van der Waals surface area contributed by atoms with E-state index in [0.29, 0.717) is 19.3 Å². The van der Waals surface area contributed by atoms with E-state index < -0.39 is 6.10 Å². The lowest BCUT2D eigenvalue weighted by atomic mass is 10.0. The molecule has 0 rings (SSSR count). The zero-order valence-corrected chi connectivity index (χ0v) is 42.1. The largest absolute Gasteiger partial charge is 0.462 e. The lowest BCUT2D eigenvalue weighted by Crippen LogP contribution is -2.30. The number of allylic oxidation sites excluding steroid dienone is 6. The number of esters is 3. The lowest BCUT2D eigenvalue weighted by molar-refractivity contribution is -0.167. The molecule has 0 aliphatic carbocycles. The molecule has 0 aromatic carbocycles. The summed E-state index contributed by atoms with van der Waals surface area (Å²) in [6, 6.07) is 0. The molecule has 6 nitrogen and oxygen atoms in total. The second-order valence-corrected chi connectivity index (χ2v) is 18.5. The number of rotatable bonds is 50. The van der Waals surface area contributed by atoms with Crippen LogP contribution in [0.5, 0.6) is 0 Å². The molecule has 1 atom stereocenters. The summed E-state index contributed by atoms with van der Waals surface area (Å²) in [6.07, 6.45) is 61.3. The van der Waals surface area contributed by atoms with E-state index in [1.807, 2.05) is 0 Å². The van der Waals surface area contributed by atoms with Crippen molar-refractivity contribution in [3.8, 4) is 0 Å². The van der Waals surface area contributed by atoms with E-state index in [-0.39, 0.29) is 31.1 Å². The molecule has 6 heteroatoms. The Morgan fingerprint density at radius 2 is 0.619 bits per heavy atom. The molecule has 0 fully saturated rings. The minimum atomic E-state index is -0.776. The monoisotopic (exact) mass is 885 g/mol. The maximum absolute atomic E-state index is 12.8. The maximum atomic E-state index is 12.8. The third-order valence-electron chi connectivity index (χ3n) is 12.2. The topological polar surface area (TPSA) is 78.9 Å². The Labute approximate surface area is 391 Å². The van der Waals surface area contributed by atoms with Crippen LogP contribution in [0.15, 0.2) is 36.5 Å². The Hall–Kier alpha value is -2.37. The summed E-state index contributed by atoms with van der Waals surface area (Å²) in [6.45, 7) is 6.55. The average Bonchev–Trinajstić information content (AvgIpc) is 3.28. The summed E-state index contributed by atoms with van der Waals surface area (Å²) < 4.78 is 16.8. The molecule has 0 bridgehead atoms. The number of carbonyl (C=O) groups is 3. The molecular weight excluding hydrogens is 781 g/mol. The molecule has 0 spiro atoms. The number of ether oxygens (including phenoxy) is 3. The van der Waals surface area contributed by atoms with Crippen LogP contribution in [-0.4, -0.2) is 37.2 Å². The summed E-state index contributed by atoms with van der Waals surface area (Å²) in [5, 5.41) is 0. The predicted molar refractivity (Wildman–Crippen MR) is 270 cm³/mol. The molecule has 63 heavy (non-hydrogen) atoms. The SMILES string of the molecule is CC/C=C\C/C=C\C/C=C\CCCCCCCC(=O)OC(COC(=O)CCCCCCCCCCCCCCC)COC(=O)CCCCCCCCCCCCCCCCCCC. The zero-order chi connectivity index (χ0) is 45.8. The number of hydrogen-bond donors (Lipinski definition) is 0. The fourth-order valence-electron chi connectivity index (χ4n) is 8.05. The van der Waals surface area contributed by atoms with Gasteiger partial charge in [0.25, 0.3) is 0 Å². The standard InChI is InChI=1S/C57H104O6/c1-4-7-10-13-16-19-22-25-27-28-30-32-35-38-41-44-47-50-56(59)62-53-54(52-61-55(58)49-46-43-40-37-34-31-24-21-18-15-12-9-6-3)63-57(60)51-48-45-42-39-36-33-29-26-23-20-17-14-11-8-5-2/h8,11,17,20,26,29,54H,4-7,9-10,12-16,18-19,21-25,27-28,30-53H2,1-3H3/b11-8-,20-17-,29-26-. The molecule has 368 valence electrons. The molecular formula is C57H104O6. The minimum Gasteiger partial charge on any atom is -0.462 e. The Bertz CT molecular complexity index is 1060. The van der Waals surface area contributed by atoms with E-state index in [1.54, 1.807) is 0 Å². The third kappa shape index (κ3) is 50.5. The molecule has 0 heterocycles.